The molecule has 0 spiro atoms. The smallest absolute Gasteiger partial charge is 0.223 e. The minimum absolute atomic E-state index is 0. The van der Waals surface area contributed by atoms with Crippen molar-refractivity contribution in [2.45, 2.75) is 77.9 Å². The number of aliphatic imine (C=N–C) groups is 1. The van der Waals surface area contributed by atoms with Gasteiger partial charge in [-0.05, 0) is 39.0 Å². The van der Waals surface area contributed by atoms with Crippen LogP contribution in [0.25, 0.3) is 0 Å². The van der Waals surface area contributed by atoms with Gasteiger partial charge in [0.25, 0.3) is 0 Å². The zero-order valence-corrected chi connectivity index (χ0v) is 19.4. The second-order valence-corrected chi connectivity index (χ2v) is 7.67. The van der Waals surface area contributed by atoms with E-state index >= 15 is 0 Å². The van der Waals surface area contributed by atoms with Gasteiger partial charge in [0.05, 0.1) is 12.2 Å². The standard InChI is InChI=1S/C19H33N5O2.HI/c1-12(2)17-10-16(26-24-17)11-21-19(20-5)23-15-8-6-7-14(9-15)18(25)22-13(3)4;/h10,12-15H,6-9,11H2,1-5H3,(H,22,25)(H2,20,21,23);1H. The number of carbonyl (C=O) groups excluding carboxylic acids is 1. The molecule has 3 N–H and O–H groups in total. The Morgan fingerprint density at radius 3 is 2.67 bits per heavy atom. The summed E-state index contributed by atoms with van der Waals surface area (Å²) in [4.78, 5) is 16.6. The van der Waals surface area contributed by atoms with Gasteiger partial charge in [0.1, 0.15) is 0 Å². The molecule has 27 heavy (non-hydrogen) atoms. The van der Waals surface area contributed by atoms with Gasteiger partial charge in [0.2, 0.25) is 5.91 Å². The normalized spacial score (nSPS) is 20.3. The Balaban J connectivity index is 0.00000364. The first-order valence-electron chi connectivity index (χ1n) is 9.62. The largest absolute Gasteiger partial charge is 0.359 e. The Labute approximate surface area is 179 Å². The highest BCUT2D eigenvalue weighted by Crippen LogP contribution is 2.24. The van der Waals surface area contributed by atoms with E-state index in [1.807, 2.05) is 19.9 Å². The van der Waals surface area contributed by atoms with Crippen molar-refractivity contribution in [1.29, 1.82) is 0 Å². The summed E-state index contributed by atoms with van der Waals surface area (Å²) in [5.41, 5.74) is 0.955. The summed E-state index contributed by atoms with van der Waals surface area (Å²) in [6, 6.07) is 2.40. The third-order valence-electron chi connectivity index (χ3n) is 4.64. The summed E-state index contributed by atoms with van der Waals surface area (Å²) in [6.07, 6.45) is 3.88. The van der Waals surface area contributed by atoms with E-state index in [-0.39, 0.29) is 47.9 Å². The lowest BCUT2D eigenvalue weighted by Gasteiger charge is -2.30. The summed E-state index contributed by atoms with van der Waals surface area (Å²) in [5, 5.41) is 13.8. The first kappa shape index (κ1) is 23.7. The number of hydrogen-bond acceptors (Lipinski definition) is 4. The van der Waals surface area contributed by atoms with Crippen molar-refractivity contribution >= 4 is 35.8 Å². The zero-order valence-electron chi connectivity index (χ0n) is 17.0. The number of guanidine groups is 1. The molecule has 1 fully saturated rings. The molecule has 2 unspecified atom stereocenters. The van der Waals surface area contributed by atoms with E-state index in [1.54, 1.807) is 7.05 Å². The lowest BCUT2D eigenvalue weighted by molar-refractivity contribution is -0.126. The molecule has 154 valence electrons. The monoisotopic (exact) mass is 491 g/mol. The van der Waals surface area contributed by atoms with Gasteiger partial charge >= 0.3 is 0 Å². The molecule has 1 aliphatic rings. The van der Waals surface area contributed by atoms with Crippen LogP contribution in [0.4, 0.5) is 0 Å². The molecule has 0 saturated heterocycles. The third-order valence-corrected chi connectivity index (χ3v) is 4.64. The summed E-state index contributed by atoms with van der Waals surface area (Å²) in [5.74, 6) is 2.10. The van der Waals surface area contributed by atoms with Gasteiger partial charge in [0, 0.05) is 31.1 Å². The van der Waals surface area contributed by atoms with Crippen LogP contribution in [-0.2, 0) is 11.3 Å². The predicted octanol–water partition coefficient (Wildman–Crippen LogP) is 3.16. The number of carbonyl (C=O) groups is 1. The highest BCUT2D eigenvalue weighted by molar-refractivity contribution is 14.0. The van der Waals surface area contributed by atoms with Crippen molar-refractivity contribution < 1.29 is 9.32 Å². The summed E-state index contributed by atoms with van der Waals surface area (Å²) in [7, 11) is 1.75. The van der Waals surface area contributed by atoms with Crippen LogP contribution in [0.2, 0.25) is 0 Å². The third kappa shape index (κ3) is 7.67. The molecule has 1 aromatic rings. The van der Waals surface area contributed by atoms with Crippen molar-refractivity contribution in [1.82, 2.24) is 21.1 Å². The van der Waals surface area contributed by atoms with E-state index in [9.17, 15) is 4.79 Å². The molecule has 2 rings (SSSR count). The number of nitrogens with zero attached hydrogens (tertiary/aromatic N) is 2. The van der Waals surface area contributed by atoms with Crippen LogP contribution in [0.1, 0.15) is 70.8 Å². The van der Waals surface area contributed by atoms with Crippen LogP contribution in [0.5, 0.6) is 0 Å². The second kappa shape index (κ2) is 11.5. The molecule has 7 nitrogen and oxygen atoms in total. The van der Waals surface area contributed by atoms with E-state index in [4.69, 9.17) is 4.52 Å². The fraction of sp³-hybridized carbons (Fsp3) is 0.737. The molecule has 0 aromatic carbocycles. The molecule has 1 aromatic heterocycles. The number of rotatable bonds is 6. The molecule has 8 heteroatoms. The Morgan fingerprint density at radius 1 is 1.33 bits per heavy atom. The quantitative estimate of drug-likeness (QED) is 0.323. The topological polar surface area (TPSA) is 91.6 Å². The maximum absolute atomic E-state index is 12.3. The molecule has 2 atom stereocenters. The number of nitrogens with one attached hydrogen (secondary N) is 3. The van der Waals surface area contributed by atoms with E-state index in [1.165, 1.54) is 0 Å². The first-order valence-corrected chi connectivity index (χ1v) is 9.62. The molecule has 1 heterocycles. The van der Waals surface area contributed by atoms with Crippen LogP contribution in [0.3, 0.4) is 0 Å². The summed E-state index contributed by atoms with van der Waals surface area (Å²) < 4.78 is 5.35. The van der Waals surface area contributed by atoms with Gasteiger partial charge < -0.3 is 20.5 Å². The molecular formula is C19H34IN5O2. The SMILES string of the molecule is CN=C(NCc1cc(C(C)C)no1)NC1CCCC(C(=O)NC(C)C)C1.I. The highest BCUT2D eigenvalue weighted by Gasteiger charge is 2.28. The Morgan fingerprint density at radius 2 is 2.07 bits per heavy atom. The average molecular weight is 491 g/mol. The molecule has 0 radical (unpaired) electrons. The van der Waals surface area contributed by atoms with Crippen LogP contribution in [0, 0.1) is 5.92 Å². The lowest BCUT2D eigenvalue weighted by atomic mass is 9.85. The Kier molecular flexibility index (Phi) is 10.1. The van der Waals surface area contributed by atoms with Gasteiger partial charge in [-0.1, -0.05) is 25.4 Å². The van der Waals surface area contributed by atoms with E-state index in [0.29, 0.717) is 12.5 Å². The molecule has 0 aliphatic heterocycles. The Hall–Kier alpha value is -1.32. The van der Waals surface area contributed by atoms with Gasteiger partial charge in [0.15, 0.2) is 11.7 Å². The van der Waals surface area contributed by atoms with E-state index in [2.05, 4.69) is 39.9 Å². The fourth-order valence-electron chi connectivity index (χ4n) is 3.20. The number of aromatic nitrogens is 1. The van der Waals surface area contributed by atoms with Crippen LogP contribution in [0.15, 0.2) is 15.6 Å². The van der Waals surface area contributed by atoms with Crippen LogP contribution < -0.4 is 16.0 Å². The van der Waals surface area contributed by atoms with Gasteiger partial charge in [-0.15, -0.1) is 24.0 Å². The van der Waals surface area contributed by atoms with Crippen LogP contribution >= 0.6 is 24.0 Å². The average Bonchev–Trinajstić information content (AvgIpc) is 3.07. The van der Waals surface area contributed by atoms with Gasteiger partial charge in [-0.2, -0.15) is 0 Å². The molecule has 0 bridgehead atoms. The zero-order chi connectivity index (χ0) is 19.1. The van der Waals surface area contributed by atoms with E-state index < -0.39 is 0 Å². The second-order valence-electron chi connectivity index (χ2n) is 7.67. The fourth-order valence-corrected chi connectivity index (χ4v) is 3.20. The predicted molar refractivity (Wildman–Crippen MR) is 118 cm³/mol. The number of halogens is 1. The summed E-state index contributed by atoms with van der Waals surface area (Å²) >= 11 is 0. The molecular weight excluding hydrogens is 457 g/mol. The molecule has 1 saturated carbocycles. The van der Waals surface area contributed by atoms with Crippen molar-refractivity contribution in [3.63, 3.8) is 0 Å². The highest BCUT2D eigenvalue weighted by atomic mass is 127. The van der Waals surface area contributed by atoms with Crippen molar-refractivity contribution in [2.75, 3.05) is 7.05 Å². The number of amides is 1. The number of hydrogen-bond donors (Lipinski definition) is 3. The van der Waals surface area contributed by atoms with E-state index in [0.717, 1.165) is 43.1 Å². The van der Waals surface area contributed by atoms with Crippen molar-refractivity contribution in [2.24, 2.45) is 10.9 Å². The van der Waals surface area contributed by atoms with Crippen LogP contribution in [-0.4, -0.2) is 36.2 Å². The molecule has 1 amide bonds. The minimum atomic E-state index is 0. The lowest BCUT2D eigenvalue weighted by Crippen LogP contribution is -2.47. The van der Waals surface area contributed by atoms with Crippen molar-refractivity contribution in [3.8, 4) is 0 Å². The maximum Gasteiger partial charge on any atom is 0.223 e. The molecule has 1 aliphatic carbocycles. The maximum atomic E-state index is 12.3. The Bertz CT molecular complexity index is 615. The van der Waals surface area contributed by atoms with Gasteiger partial charge in [-0.3, -0.25) is 9.79 Å². The minimum Gasteiger partial charge on any atom is -0.359 e. The van der Waals surface area contributed by atoms with Gasteiger partial charge in [-0.25, -0.2) is 0 Å². The first-order chi connectivity index (χ1) is 12.4. The van der Waals surface area contributed by atoms with Crippen molar-refractivity contribution in [3.05, 3.63) is 17.5 Å². The summed E-state index contributed by atoms with van der Waals surface area (Å²) in [6.45, 7) is 8.70.